The van der Waals surface area contributed by atoms with Crippen LogP contribution in [0.1, 0.15) is 18.9 Å². The molecule has 0 bridgehead atoms. The molecule has 0 amide bonds. The van der Waals surface area contributed by atoms with Crippen LogP contribution in [0.4, 0.5) is 17.3 Å². The normalized spacial score (nSPS) is 22.8. The van der Waals surface area contributed by atoms with E-state index in [4.69, 9.17) is 0 Å². The van der Waals surface area contributed by atoms with Crippen LogP contribution in [0.25, 0.3) is 0 Å². The van der Waals surface area contributed by atoms with E-state index in [-0.39, 0.29) is 5.92 Å². The highest BCUT2D eigenvalue weighted by molar-refractivity contribution is 5.72. The van der Waals surface area contributed by atoms with E-state index in [0.717, 1.165) is 37.6 Å². The number of nitrogens with zero attached hydrogens (tertiary/aromatic N) is 4. The number of carboxylic acids is 1. The first-order chi connectivity index (χ1) is 12.1. The average molecular weight is 338 g/mol. The SMILES string of the molecule is CC1CC(C(=O)O)CN(c2cc(N3CCc4ccccc43)ncn2)C1. The number of fused-ring (bicyclic) bond motifs is 1. The van der Waals surface area contributed by atoms with Crippen molar-refractivity contribution >= 4 is 23.3 Å². The van der Waals surface area contributed by atoms with Crippen molar-refractivity contribution < 1.29 is 9.90 Å². The van der Waals surface area contributed by atoms with Crippen molar-refractivity contribution in [2.24, 2.45) is 11.8 Å². The molecule has 0 radical (unpaired) electrons. The summed E-state index contributed by atoms with van der Waals surface area (Å²) in [4.78, 5) is 24.6. The van der Waals surface area contributed by atoms with Gasteiger partial charge in [-0.25, -0.2) is 9.97 Å². The maximum absolute atomic E-state index is 11.4. The predicted octanol–water partition coefficient (Wildman–Crippen LogP) is 2.72. The molecule has 1 aromatic heterocycles. The molecule has 2 atom stereocenters. The summed E-state index contributed by atoms with van der Waals surface area (Å²) in [7, 11) is 0. The molecule has 6 nitrogen and oxygen atoms in total. The summed E-state index contributed by atoms with van der Waals surface area (Å²) in [6.07, 6.45) is 3.32. The van der Waals surface area contributed by atoms with Gasteiger partial charge in [-0.05, 0) is 30.4 Å². The molecule has 2 unspecified atom stereocenters. The Bertz CT molecular complexity index is 794. The molecule has 1 aromatic carbocycles. The Morgan fingerprint density at radius 1 is 1.20 bits per heavy atom. The van der Waals surface area contributed by atoms with Gasteiger partial charge < -0.3 is 14.9 Å². The fourth-order valence-corrected chi connectivity index (χ4v) is 3.95. The lowest BCUT2D eigenvalue weighted by Gasteiger charge is -2.35. The molecule has 1 fully saturated rings. The van der Waals surface area contributed by atoms with Gasteiger partial charge in [0.25, 0.3) is 0 Å². The Morgan fingerprint density at radius 3 is 2.84 bits per heavy atom. The Kier molecular flexibility index (Phi) is 4.03. The van der Waals surface area contributed by atoms with Crippen molar-refractivity contribution in [3.63, 3.8) is 0 Å². The molecule has 2 aliphatic heterocycles. The van der Waals surface area contributed by atoms with Gasteiger partial charge in [0.2, 0.25) is 0 Å². The lowest BCUT2D eigenvalue weighted by atomic mass is 9.90. The highest BCUT2D eigenvalue weighted by Gasteiger charge is 2.30. The van der Waals surface area contributed by atoms with Crippen molar-refractivity contribution in [1.29, 1.82) is 0 Å². The lowest BCUT2D eigenvalue weighted by molar-refractivity contribution is -0.142. The summed E-state index contributed by atoms with van der Waals surface area (Å²) in [5, 5.41) is 9.39. The molecule has 25 heavy (non-hydrogen) atoms. The number of hydrogen-bond donors (Lipinski definition) is 1. The van der Waals surface area contributed by atoms with Gasteiger partial charge in [-0.3, -0.25) is 4.79 Å². The summed E-state index contributed by atoms with van der Waals surface area (Å²) >= 11 is 0. The van der Waals surface area contributed by atoms with E-state index in [1.165, 1.54) is 11.3 Å². The molecule has 2 aromatic rings. The molecule has 0 spiro atoms. The molecule has 0 saturated carbocycles. The Labute approximate surface area is 147 Å². The first-order valence-electron chi connectivity index (χ1n) is 8.77. The third kappa shape index (κ3) is 3.04. The van der Waals surface area contributed by atoms with Gasteiger partial charge in [-0.2, -0.15) is 0 Å². The number of rotatable bonds is 3. The van der Waals surface area contributed by atoms with E-state index in [9.17, 15) is 9.90 Å². The van der Waals surface area contributed by atoms with Gasteiger partial charge in [0.1, 0.15) is 18.0 Å². The zero-order chi connectivity index (χ0) is 17.4. The van der Waals surface area contributed by atoms with Crippen LogP contribution in [0.5, 0.6) is 0 Å². The monoisotopic (exact) mass is 338 g/mol. The Morgan fingerprint density at radius 2 is 2.00 bits per heavy atom. The minimum absolute atomic E-state index is 0.334. The van der Waals surface area contributed by atoms with Crippen molar-refractivity contribution in [2.75, 3.05) is 29.4 Å². The van der Waals surface area contributed by atoms with Crippen LogP contribution in [-0.4, -0.2) is 40.7 Å². The minimum Gasteiger partial charge on any atom is -0.481 e. The summed E-state index contributed by atoms with van der Waals surface area (Å²) in [5.74, 6) is 0.960. The van der Waals surface area contributed by atoms with Crippen LogP contribution in [0.3, 0.4) is 0 Å². The molecular weight excluding hydrogens is 316 g/mol. The number of piperidine rings is 1. The number of aromatic nitrogens is 2. The fraction of sp³-hybridized carbons (Fsp3) is 0.421. The summed E-state index contributed by atoms with van der Waals surface area (Å²) < 4.78 is 0. The molecule has 3 heterocycles. The van der Waals surface area contributed by atoms with Gasteiger partial charge in [-0.1, -0.05) is 25.1 Å². The summed E-state index contributed by atoms with van der Waals surface area (Å²) in [5.41, 5.74) is 2.53. The van der Waals surface area contributed by atoms with Crippen molar-refractivity contribution in [3.8, 4) is 0 Å². The van der Waals surface area contributed by atoms with E-state index in [2.05, 4.69) is 44.9 Å². The van der Waals surface area contributed by atoms with Crippen LogP contribution in [0.15, 0.2) is 36.7 Å². The quantitative estimate of drug-likeness (QED) is 0.928. The second-order valence-electron chi connectivity index (χ2n) is 7.05. The summed E-state index contributed by atoms with van der Waals surface area (Å²) in [6.45, 7) is 4.34. The van der Waals surface area contributed by atoms with Gasteiger partial charge in [0.15, 0.2) is 0 Å². The molecule has 1 saturated heterocycles. The second kappa shape index (κ2) is 6.35. The van der Waals surface area contributed by atoms with Crippen molar-refractivity contribution in [3.05, 3.63) is 42.2 Å². The average Bonchev–Trinajstić information content (AvgIpc) is 3.05. The maximum atomic E-state index is 11.4. The minimum atomic E-state index is -0.723. The van der Waals surface area contributed by atoms with Gasteiger partial charge in [0, 0.05) is 31.4 Å². The molecule has 2 aliphatic rings. The van der Waals surface area contributed by atoms with E-state index < -0.39 is 5.97 Å². The summed E-state index contributed by atoms with van der Waals surface area (Å²) in [6, 6.07) is 10.4. The molecule has 0 aliphatic carbocycles. The molecule has 4 rings (SSSR count). The first kappa shape index (κ1) is 15.9. The van der Waals surface area contributed by atoms with E-state index in [0.29, 0.717) is 12.5 Å². The third-order valence-electron chi connectivity index (χ3n) is 5.13. The van der Waals surface area contributed by atoms with Crippen LogP contribution >= 0.6 is 0 Å². The number of anilines is 3. The smallest absolute Gasteiger partial charge is 0.308 e. The second-order valence-corrected chi connectivity index (χ2v) is 7.05. The number of para-hydroxylation sites is 1. The number of hydrogen-bond acceptors (Lipinski definition) is 5. The van der Waals surface area contributed by atoms with Gasteiger partial charge >= 0.3 is 5.97 Å². The van der Waals surface area contributed by atoms with E-state index in [1.807, 2.05) is 12.1 Å². The largest absolute Gasteiger partial charge is 0.481 e. The lowest BCUT2D eigenvalue weighted by Crippen LogP contribution is -2.43. The number of carboxylic acid groups (broad SMARTS) is 1. The van der Waals surface area contributed by atoms with Gasteiger partial charge in [-0.15, -0.1) is 0 Å². The van der Waals surface area contributed by atoms with Crippen LogP contribution < -0.4 is 9.80 Å². The highest BCUT2D eigenvalue weighted by Crippen LogP contribution is 2.34. The standard InChI is InChI=1S/C19H22N4O2/c1-13-8-15(19(24)25)11-22(10-13)17-9-18(21-12-20-17)23-7-6-14-4-2-3-5-16(14)23/h2-5,9,12-13,15H,6-8,10-11H2,1H3,(H,24,25). The number of carbonyl (C=O) groups is 1. The fourth-order valence-electron chi connectivity index (χ4n) is 3.95. The topological polar surface area (TPSA) is 69.6 Å². The Hall–Kier alpha value is -2.63. The number of aliphatic carboxylic acids is 1. The first-order valence-corrected chi connectivity index (χ1v) is 8.77. The third-order valence-corrected chi connectivity index (χ3v) is 5.13. The van der Waals surface area contributed by atoms with Crippen LogP contribution in [-0.2, 0) is 11.2 Å². The van der Waals surface area contributed by atoms with Gasteiger partial charge in [0.05, 0.1) is 5.92 Å². The van der Waals surface area contributed by atoms with Crippen molar-refractivity contribution in [1.82, 2.24) is 9.97 Å². The maximum Gasteiger partial charge on any atom is 0.308 e. The Balaban J connectivity index is 1.61. The molecule has 1 N–H and O–H groups in total. The molecular formula is C19H22N4O2. The molecule has 130 valence electrons. The van der Waals surface area contributed by atoms with Crippen LogP contribution in [0.2, 0.25) is 0 Å². The zero-order valence-electron chi connectivity index (χ0n) is 14.3. The number of benzene rings is 1. The van der Waals surface area contributed by atoms with Crippen LogP contribution in [0, 0.1) is 11.8 Å². The van der Waals surface area contributed by atoms with Crippen molar-refractivity contribution in [2.45, 2.75) is 19.8 Å². The van der Waals surface area contributed by atoms with E-state index in [1.54, 1.807) is 6.33 Å². The molecule has 6 heteroatoms. The predicted molar refractivity (Wildman–Crippen MR) is 96.3 cm³/mol. The van der Waals surface area contributed by atoms with E-state index >= 15 is 0 Å². The zero-order valence-corrected chi connectivity index (χ0v) is 14.3. The highest BCUT2D eigenvalue weighted by atomic mass is 16.4.